The Morgan fingerprint density at radius 2 is 1.97 bits per heavy atom. The quantitative estimate of drug-likeness (QED) is 0.428. The van der Waals surface area contributed by atoms with Crippen LogP contribution in [0.4, 0.5) is 0 Å². The lowest BCUT2D eigenvalue weighted by molar-refractivity contribution is 0.0953. The number of carbonyl (C=O) groups is 1. The third kappa shape index (κ3) is 5.52. The summed E-state index contributed by atoms with van der Waals surface area (Å²) >= 11 is 6.17. The minimum absolute atomic E-state index is 0.0176. The number of benzene rings is 2. The third-order valence-corrected chi connectivity index (χ3v) is 4.80. The van der Waals surface area contributed by atoms with Crippen LogP contribution in [0.25, 0.3) is 0 Å². The molecule has 0 saturated heterocycles. The molecule has 3 rings (SSSR count). The molecule has 1 N–H and O–H groups in total. The average molecular weight is 440 g/mol. The fourth-order valence-electron chi connectivity index (χ4n) is 2.91. The van der Waals surface area contributed by atoms with E-state index >= 15 is 0 Å². The van der Waals surface area contributed by atoms with Crippen molar-refractivity contribution in [3.63, 3.8) is 0 Å². The fourth-order valence-corrected chi connectivity index (χ4v) is 3.10. The molecule has 0 atom stereocenters. The van der Waals surface area contributed by atoms with Gasteiger partial charge in [-0.1, -0.05) is 29.8 Å². The molecular weight excluding hydrogens is 418 g/mol. The number of hydrazone groups is 1. The lowest BCUT2D eigenvalue weighted by atomic mass is 10.2. The van der Waals surface area contributed by atoms with Crippen LogP contribution in [-0.4, -0.2) is 30.4 Å². The Morgan fingerprint density at radius 1 is 1.16 bits per heavy atom. The van der Waals surface area contributed by atoms with Crippen LogP contribution in [0.2, 0.25) is 5.02 Å². The molecule has 7 nitrogen and oxygen atoms in total. The number of ether oxygens (including phenoxy) is 2. The van der Waals surface area contributed by atoms with Crippen LogP contribution in [0.3, 0.4) is 0 Å². The van der Waals surface area contributed by atoms with Crippen molar-refractivity contribution in [1.82, 2.24) is 9.99 Å². The molecule has 0 bridgehead atoms. The van der Waals surface area contributed by atoms with Crippen molar-refractivity contribution in [2.45, 2.75) is 13.5 Å². The molecule has 2 aromatic carbocycles. The van der Waals surface area contributed by atoms with E-state index in [0.717, 1.165) is 5.56 Å². The normalized spacial score (nSPS) is 10.8. The highest BCUT2D eigenvalue weighted by atomic mass is 35.5. The van der Waals surface area contributed by atoms with Gasteiger partial charge in [0.25, 0.3) is 11.5 Å². The van der Waals surface area contributed by atoms with Gasteiger partial charge in [0.2, 0.25) is 0 Å². The smallest absolute Gasteiger partial charge is 0.276 e. The number of aromatic nitrogens is 1. The fraction of sp³-hybridized carbons (Fsp3) is 0.174. The Kier molecular flexibility index (Phi) is 7.45. The van der Waals surface area contributed by atoms with Crippen LogP contribution in [-0.2, 0) is 6.54 Å². The summed E-state index contributed by atoms with van der Waals surface area (Å²) in [5.74, 6) is 0.574. The number of rotatable bonds is 8. The summed E-state index contributed by atoms with van der Waals surface area (Å²) in [5.41, 5.74) is 3.42. The molecule has 0 fully saturated rings. The van der Waals surface area contributed by atoms with Crippen molar-refractivity contribution in [3.05, 3.63) is 92.9 Å². The van der Waals surface area contributed by atoms with Gasteiger partial charge in [0, 0.05) is 11.2 Å². The van der Waals surface area contributed by atoms with E-state index in [-0.39, 0.29) is 12.1 Å². The largest absolute Gasteiger partial charge is 0.493 e. The molecular formula is C23H22ClN3O4. The van der Waals surface area contributed by atoms with Gasteiger partial charge in [-0.2, -0.15) is 5.10 Å². The maximum Gasteiger partial charge on any atom is 0.276 e. The van der Waals surface area contributed by atoms with Gasteiger partial charge in [0.15, 0.2) is 11.5 Å². The van der Waals surface area contributed by atoms with E-state index in [1.807, 2.05) is 25.1 Å². The Bertz CT molecular complexity index is 1160. The maximum atomic E-state index is 12.7. The van der Waals surface area contributed by atoms with Crippen molar-refractivity contribution in [2.75, 3.05) is 13.7 Å². The number of nitrogens with one attached hydrogen (secondary N) is 1. The monoisotopic (exact) mass is 439 g/mol. The second kappa shape index (κ2) is 10.4. The molecule has 1 aromatic heterocycles. The minimum atomic E-state index is -0.604. The van der Waals surface area contributed by atoms with Gasteiger partial charge in [0.1, 0.15) is 5.56 Å². The average Bonchev–Trinajstić information content (AvgIpc) is 2.77. The molecule has 0 spiro atoms. The summed E-state index contributed by atoms with van der Waals surface area (Å²) in [6, 6.07) is 15.6. The lowest BCUT2D eigenvalue weighted by Gasteiger charge is -2.09. The van der Waals surface area contributed by atoms with Crippen molar-refractivity contribution in [2.24, 2.45) is 5.10 Å². The second-order valence-electron chi connectivity index (χ2n) is 6.49. The van der Waals surface area contributed by atoms with Gasteiger partial charge in [0.05, 0.1) is 26.5 Å². The maximum absolute atomic E-state index is 12.7. The first-order valence-corrected chi connectivity index (χ1v) is 9.98. The third-order valence-electron chi connectivity index (χ3n) is 4.43. The number of hydrogen-bond acceptors (Lipinski definition) is 5. The first-order valence-electron chi connectivity index (χ1n) is 9.60. The Balaban J connectivity index is 1.72. The molecule has 160 valence electrons. The van der Waals surface area contributed by atoms with E-state index in [4.69, 9.17) is 21.1 Å². The van der Waals surface area contributed by atoms with E-state index in [2.05, 4.69) is 10.5 Å². The van der Waals surface area contributed by atoms with Gasteiger partial charge in [-0.15, -0.1) is 0 Å². The van der Waals surface area contributed by atoms with E-state index in [9.17, 15) is 9.59 Å². The number of halogens is 1. The first kappa shape index (κ1) is 22.1. The number of methoxy groups -OCH3 is 1. The van der Waals surface area contributed by atoms with Crippen LogP contribution in [0.1, 0.15) is 28.4 Å². The van der Waals surface area contributed by atoms with E-state index in [1.54, 1.807) is 43.6 Å². The van der Waals surface area contributed by atoms with Crippen LogP contribution < -0.4 is 20.5 Å². The van der Waals surface area contributed by atoms with E-state index in [1.165, 1.54) is 16.8 Å². The zero-order chi connectivity index (χ0) is 22.2. The molecule has 0 radical (unpaired) electrons. The van der Waals surface area contributed by atoms with Crippen LogP contribution >= 0.6 is 11.6 Å². The molecule has 0 aliphatic rings. The van der Waals surface area contributed by atoms with Gasteiger partial charge in [-0.25, -0.2) is 5.43 Å². The topological polar surface area (TPSA) is 81.9 Å². The van der Waals surface area contributed by atoms with E-state index in [0.29, 0.717) is 28.7 Å². The molecule has 8 heteroatoms. The predicted molar refractivity (Wildman–Crippen MR) is 120 cm³/mol. The molecule has 0 saturated carbocycles. The molecule has 0 aliphatic carbocycles. The van der Waals surface area contributed by atoms with Crippen LogP contribution in [0.15, 0.2) is 70.7 Å². The number of carbonyl (C=O) groups excluding carboxylic acids is 1. The van der Waals surface area contributed by atoms with Crippen molar-refractivity contribution in [3.8, 4) is 11.5 Å². The summed E-state index contributed by atoms with van der Waals surface area (Å²) in [4.78, 5) is 25.2. The second-order valence-corrected chi connectivity index (χ2v) is 6.90. The number of hydrogen-bond donors (Lipinski definition) is 1. The van der Waals surface area contributed by atoms with Gasteiger partial charge >= 0.3 is 0 Å². The molecule has 0 unspecified atom stereocenters. The first-order chi connectivity index (χ1) is 15.0. The Hall–Kier alpha value is -3.58. The summed E-state index contributed by atoms with van der Waals surface area (Å²) in [7, 11) is 1.55. The highest BCUT2D eigenvalue weighted by Gasteiger charge is 2.12. The van der Waals surface area contributed by atoms with Crippen molar-refractivity contribution in [1.29, 1.82) is 0 Å². The van der Waals surface area contributed by atoms with Gasteiger partial charge in [-0.05, 0) is 54.4 Å². The summed E-state index contributed by atoms with van der Waals surface area (Å²) < 4.78 is 12.2. The van der Waals surface area contributed by atoms with E-state index < -0.39 is 11.5 Å². The molecule has 0 aliphatic heterocycles. The minimum Gasteiger partial charge on any atom is -0.493 e. The van der Waals surface area contributed by atoms with Gasteiger partial charge < -0.3 is 14.0 Å². The number of nitrogens with zero attached hydrogens (tertiary/aromatic N) is 2. The van der Waals surface area contributed by atoms with Crippen molar-refractivity contribution >= 4 is 23.7 Å². The highest BCUT2D eigenvalue weighted by Crippen LogP contribution is 2.27. The summed E-state index contributed by atoms with van der Waals surface area (Å²) in [6.45, 7) is 2.66. The van der Waals surface area contributed by atoms with Crippen molar-refractivity contribution < 1.29 is 14.3 Å². The Morgan fingerprint density at radius 3 is 2.71 bits per heavy atom. The summed E-state index contributed by atoms with van der Waals surface area (Å²) in [6.07, 6.45) is 3.07. The molecule has 1 heterocycles. The standard InChI is InChI=1S/C23H22ClN3O4/c1-3-31-20-11-10-16(13-21(20)30-2)14-25-26-22(28)18-8-6-12-27(23(18)29)15-17-7-4-5-9-19(17)24/h4-14H,3,15H2,1-2H3,(H,26,28)/b25-14-. The van der Waals surface area contributed by atoms with Crippen LogP contribution in [0, 0.1) is 0 Å². The van der Waals surface area contributed by atoms with Gasteiger partial charge in [-0.3, -0.25) is 9.59 Å². The zero-order valence-electron chi connectivity index (χ0n) is 17.2. The molecule has 31 heavy (non-hydrogen) atoms. The lowest BCUT2D eigenvalue weighted by Crippen LogP contribution is -2.31. The summed E-state index contributed by atoms with van der Waals surface area (Å²) in [5, 5.41) is 4.50. The predicted octanol–water partition coefficient (Wildman–Crippen LogP) is 3.72. The molecule has 3 aromatic rings. The number of amides is 1. The SMILES string of the molecule is CCOc1ccc(/C=N\NC(=O)c2cccn(Cc3ccccc3Cl)c2=O)cc1OC. The zero-order valence-corrected chi connectivity index (χ0v) is 17.9. The number of pyridine rings is 1. The highest BCUT2D eigenvalue weighted by molar-refractivity contribution is 6.31. The Labute approximate surface area is 184 Å². The molecule has 1 amide bonds. The van der Waals surface area contributed by atoms with Crippen LogP contribution in [0.5, 0.6) is 11.5 Å².